The monoisotopic (exact) mass is 390 g/mol. The van der Waals surface area contributed by atoms with Crippen LogP contribution in [0, 0.1) is 5.92 Å². The zero-order chi connectivity index (χ0) is 19.9. The van der Waals surface area contributed by atoms with Gasteiger partial charge in [0.1, 0.15) is 5.75 Å². The summed E-state index contributed by atoms with van der Waals surface area (Å²) >= 11 is 0. The number of nitrogens with one attached hydrogen (secondary N) is 2. The molecule has 1 aliphatic heterocycles. The van der Waals surface area contributed by atoms with Crippen LogP contribution in [-0.4, -0.2) is 72.2 Å². The lowest BCUT2D eigenvalue weighted by Crippen LogP contribution is -2.45. The van der Waals surface area contributed by atoms with E-state index in [1.54, 1.807) is 12.3 Å². The fourth-order valence-corrected chi connectivity index (χ4v) is 3.87. The molecule has 8 nitrogen and oxygen atoms in total. The molecule has 0 aromatic carbocycles. The molecule has 2 heterocycles. The van der Waals surface area contributed by atoms with Crippen molar-refractivity contribution in [2.45, 2.75) is 44.2 Å². The van der Waals surface area contributed by atoms with Crippen LogP contribution in [0.3, 0.4) is 0 Å². The Kier molecular flexibility index (Phi) is 7.22. The van der Waals surface area contributed by atoms with E-state index in [1.807, 2.05) is 0 Å². The lowest BCUT2D eigenvalue weighted by atomic mass is 10.1. The van der Waals surface area contributed by atoms with Gasteiger partial charge in [0.05, 0.1) is 25.5 Å². The van der Waals surface area contributed by atoms with Crippen LogP contribution in [0.4, 0.5) is 0 Å². The Morgan fingerprint density at radius 3 is 2.75 bits per heavy atom. The molecule has 154 valence electrons. The minimum Gasteiger partial charge on any atom is -0.494 e. The molecule has 2 atom stereocenters. The standard InChI is InChI=1S/C20H30N4O4/c1-28-18-12-21-7-6-17(18)20(27)23-11-16-5-4-15(10-19(26)22-8-9-25)24(16)13-14-2-3-14/h6-7,12,14-16,25H,2-5,8-11,13H2,1H3,(H,22,26)(H,23,27)/t15-,16+/m1/s1. The number of methoxy groups -OCH3 is 1. The summed E-state index contributed by atoms with van der Waals surface area (Å²) in [6.07, 6.45) is 7.94. The van der Waals surface area contributed by atoms with Crippen molar-refractivity contribution in [3.63, 3.8) is 0 Å². The Morgan fingerprint density at radius 2 is 2.04 bits per heavy atom. The second kappa shape index (κ2) is 9.84. The Morgan fingerprint density at radius 1 is 1.25 bits per heavy atom. The van der Waals surface area contributed by atoms with Crippen molar-refractivity contribution in [3.8, 4) is 5.75 Å². The Hall–Kier alpha value is -2.19. The van der Waals surface area contributed by atoms with Crippen molar-refractivity contribution >= 4 is 11.8 Å². The Labute approximate surface area is 165 Å². The maximum atomic E-state index is 12.6. The summed E-state index contributed by atoms with van der Waals surface area (Å²) in [4.78, 5) is 31.1. The average Bonchev–Trinajstić information content (AvgIpc) is 3.46. The molecule has 0 spiro atoms. The zero-order valence-electron chi connectivity index (χ0n) is 16.4. The van der Waals surface area contributed by atoms with Gasteiger partial charge in [-0.25, -0.2) is 0 Å². The second-order valence-electron chi connectivity index (χ2n) is 7.59. The molecule has 2 aliphatic rings. The average molecular weight is 390 g/mol. The molecule has 1 saturated heterocycles. The molecular formula is C20H30N4O4. The maximum Gasteiger partial charge on any atom is 0.255 e. The third-order valence-electron chi connectivity index (χ3n) is 5.54. The van der Waals surface area contributed by atoms with E-state index in [9.17, 15) is 9.59 Å². The number of rotatable bonds is 10. The third-order valence-corrected chi connectivity index (χ3v) is 5.54. The normalized spacial score (nSPS) is 22.1. The second-order valence-corrected chi connectivity index (χ2v) is 7.59. The van der Waals surface area contributed by atoms with E-state index in [0.717, 1.165) is 19.4 Å². The van der Waals surface area contributed by atoms with E-state index in [1.165, 1.54) is 26.1 Å². The largest absolute Gasteiger partial charge is 0.494 e. The van der Waals surface area contributed by atoms with Crippen molar-refractivity contribution in [1.82, 2.24) is 20.5 Å². The lowest BCUT2D eigenvalue weighted by Gasteiger charge is -2.30. The van der Waals surface area contributed by atoms with E-state index in [0.29, 0.717) is 36.7 Å². The molecule has 0 unspecified atom stereocenters. The molecular weight excluding hydrogens is 360 g/mol. The number of aliphatic hydroxyl groups is 1. The van der Waals surface area contributed by atoms with Crippen LogP contribution in [0.15, 0.2) is 18.5 Å². The van der Waals surface area contributed by atoms with Crippen LogP contribution in [0.5, 0.6) is 5.75 Å². The van der Waals surface area contributed by atoms with Crippen molar-refractivity contribution < 1.29 is 19.4 Å². The number of likely N-dealkylation sites (tertiary alicyclic amines) is 1. The highest BCUT2D eigenvalue weighted by Gasteiger charge is 2.38. The van der Waals surface area contributed by atoms with Crippen molar-refractivity contribution in [2.75, 3.05) is 33.4 Å². The van der Waals surface area contributed by atoms with Gasteiger partial charge >= 0.3 is 0 Å². The molecule has 0 bridgehead atoms. The number of hydrogen-bond donors (Lipinski definition) is 3. The van der Waals surface area contributed by atoms with Crippen LogP contribution in [-0.2, 0) is 4.79 Å². The fourth-order valence-electron chi connectivity index (χ4n) is 3.87. The number of aliphatic hydroxyl groups excluding tert-OH is 1. The summed E-state index contributed by atoms with van der Waals surface area (Å²) in [5, 5.41) is 14.6. The number of hydrogen-bond acceptors (Lipinski definition) is 6. The summed E-state index contributed by atoms with van der Waals surface area (Å²) in [5.74, 6) is 0.972. The summed E-state index contributed by atoms with van der Waals surface area (Å²) in [6.45, 7) is 1.78. The van der Waals surface area contributed by atoms with E-state index >= 15 is 0 Å². The van der Waals surface area contributed by atoms with Gasteiger partial charge in [0, 0.05) is 44.3 Å². The molecule has 0 radical (unpaired) electrons. The number of carbonyl (C=O) groups excluding carboxylic acids is 2. The topological polar surface area (TPSA) is 104 Å². The van der Waals surface area contributed by atoms with Crippen LogP contribution in [0.1, 0.15) is 42.5 Å². The minimum absolute atomic E-state index is 0.0222. The molecule has 2 fully saturated rings. The first-order chi connectivity index (χ1) is 13.6. The predicted molar refractivity (Wildman–Crippen MR) is 104 cm³/mol. The first kappa shape index (κ1) is 20.5. The SMILES string of the molecule is COc1cnccc1C(=O)NC[C@@H]1CC[C@H](CC(=O)NCCO)N1CC1CC1. The Balaban J connectivity index is 1.57. The number of nitrogens with zero attached hydrogens (tertiary/aromatic N) is 2. The number of carbonyl (C=O) groups is 2. The molecule has 1 aliphatic carbocycles. The predicted octanol–water partition coefficient (Wildman–Crippen LogP) is 0.562. The lowest BCUT2D eigenvalue weighted by molar-refractivity contribution is -0.122. The summed E-state index contributed by atoms with van der Waals surface area (Å²) < 4.78 is 5.22. The van der Waals surface area contributed by atoms with Gasteiger partial charge in [-0.2, -0.15) is 0 Å². The molecule has 1 saturated carbocycles. The molecule has 2 amide bonds. The van der Waals surface area contributed by atoms with Gasteiger partial charge in [0.2, 0.25) is 5.91 Å². The van der Waals surface area contributed by atoms with Crippen LogP contribution >= 0.6 is 0 Å². The quantitative estimate of drug-likeness (QED) is 0.539. The van der Waals surface area contributed by atoms with Gasteiger partial charge in [-0.1, -0.05) is 0 Å². The molecule has 1 aromatic rings. The van der Waals surface area contributed by atoms with Crippen molar-refractivity contribution in [3.05, 3.63) is 24.0 Å². The highest BCUT2D eigenvalue weighted by atomic mass is 16.5. The summed E-state index contributed by atoms with van der Waals surface area (Å²) in [5.41, 5.74) is 0.476. The van der Waals surface area contributed by atoms with Gasteiger partial charge in [0.25, 0.3) is 5.91 Å². The highest BCUT2D eigenvalue weighted by molar-refractivity contribution is 5.96. The smallest absolute Gasteiger partial charge is 0.255 e. The minimum atomic E-state index is -0.172. The van der Waals surface area contributed by atoms with Gasteiger partial charge in [0.15, 0.2) is 0 Å². The van der Waals surface area contributed by atoms with Gasteiger partial charge in [-0.05, 0) is 37.7 Å². The number of aromatic nitrogens is 1. The zero-order valence-corrected chi connectivity index (χ0v) is 16.4. The molecule has 3 N–H and O–H groups in total. The van der Waals surface area contributed by atoms with E-state index in [4.69, 9.17) is 9.84 Å². The molecule has 1 aromatic heterocycles. The van der Waals surface area contributed by atoms with Crippen molar-refractivity contribution in [1.29, 1.82) is 0 Å². The number of pyridine rings is 1. The maximum absolute atomic E-state index is 12.6. The van der Waals surface area contributed by atoms with Gasteiger partial charge in [-0.15, -0.1) is 0 Å². The van der Waals surface area contributed by atoms with Crippen LogP contribution < -0.4 is 15.4 Å². The first-order valence-electron chi connectivity index (χ1n) is 10.0. The molecule has 28 heavy (non-hydrogen) atoms. The Bertz CT molecular complexity index is 680. The van der Waals surface area contributed by atoms with Crippen LogP contribution in [0.25, 0.3) is 0 Å². The molecule has 3 rings (SSSR count). The fraction of sp³-hybridized carbons (Fsp3) is 0.650. The highest BCUT2D eigenvalue weighted by Crippen LogP contribution is 2.35. The molecule has 8 heteroatoms. The van der Waals surface area contributed by atoms with E-state index in [2.05, 4.69) is 20.5 Å². The first-order valence-corrected chi connectivity index (χ1v) is 10.0. The number of ether oxygens (including phenoxy) is 1. The summed E-state index contributed by atoms with van der Waals surface area (Å²) in [6, 6.07) is 2.07. The number of amides is 2. The van der Waals surface area contributed by atoms with Gasteiger partial charge < -0.3 is 20.5 Å². The van der Waals surface area contributed by atoms with Crippen molar-refractivity contribution in [2.24, 2.45) is 5.92 Å². The summed E-state index contributed by atoms with van der Waals surface area (Å²) in [7, 11) is 1.52. The van der Waals surface area contributed by atoms with E-state index < -0.39 is 0 Å². The van der Waals surface area contributed by atoms with E-state index in [-0.39, 0.29) is 30.5 Å². The van der Waals surface area contributed by atoms with Crippen LogP contribution in [0.2, 0.25) is 0 Å². The third kappa shape index (κ3) is 5.42. The van der Waals surface area contributed by atoms with Gasteiger partial charge in [-0.3, -0.25) is 19.5 Å².